The molecule has 1 aromatic heterocycles. The van der Waals surface area contributed by atoms with Crippen molar-refractivity contribution in [1.82, 2.24) is 5.16 Å². The monoisotopic (exact) mass is 220 g/mol. The van der Waals surface area contributed by atoms with E-state index in [4.69, 9.17) is 9.63 Å². The van der Waals surface area contributed by atoms with Crippen LogP contribution in [0.1, 0.15) is 12.5 Å². The Morgan fingerprint density at radius 1 is 1.56 bits per heavy atom. The molecule has 84 valence electrons. The summed E-state index contributed by atoms with van der Waals surface area (Å²) in [5.74, 6) is -0.461. The van der Waals surface area contributed by atoms with Crippen molar-refractivity contribution in [3.05, 3.63) is 23.8 Å². The van der Waals surface area contributed by atoms with Crippen molar-refractivity contribution in [1.29, 1.82) is 0 Å². The Kier molecular flexibility index (Phi) is 2.52. The van der Waals surface area contributed by atoms with Gasteiger partial charge in [0.2, 0.25) is 0 Å². The fourth-order valence-corrected chi connectivity index (χ4v) is 1.42. The van der Waals surface area contributed by atoms with Gasteiger partial charge < -0.3 is 14.9 Å². The Labute approximate surface area is 92.0 Å². The third kappa shape index (κ3) is 1.84. The zero-order chi connectivity index (χ0) is 11.7. The van der Waals surface area contributed by atoms with Crippen LogP contribution in [-0.4, -0.2) is 22.3 Å². The molecule has 0 fully saturated rings. The molecule has 16 heavy (non-hydrogen) atoms. The van der Waals surface area contributed by atoms with Crippen LogP contribution in [0.3, 0.4) is 0 Å². The molecule has 2 N–H and O–H groups in total. The predicted molar refractivity (Wildman–Crippen MR) is 59.5 cm³/mol. The smallest absolute Gasteiger partial charge is 0.325 e. The number of nitrogens with zero attached hydrogens (tertiary/aromatic N) is 1. The number of fused-ring (bicyclic) bond motifs is 1. The third-order valence-corrected chi connectivity index (χ3v) is 2.35. The molecule has 0 amide bonds. The first-order valence-electron chi connectivity index (χ1n) is 4.93. The number of anilines is 1. The maximum Gasteiger partial charge on any atom is 0.325 e. The molecule has 5 heteroatoms. The topological polar surface area (TPSA) is 75.4 Å². The highest BCUT2D eigenvalue weighted by molar-refractivity contribution is 5.90. The number of aryl methyl sites for hydroxylation is 1. The summed E-state index contributed by atoms with van der Waals surface area (Å²) in [4.78, 5) is 10.7. The van der Waals surface area contributed by atoms with E-state index in [1.54, 1.807) is 6.92 Å². The lowest BCUT2D eigenvalue weighted by Gasteiger charge is -2.06. The normalized spacial score (nSPS) is 12.6. The van der Waals surface area contributed by atoms with Crippen LogP contribution < -0.4 is 5.32 Å². The Morgan fingerprint density at radius 3 is 3.00 bits per heavy atom. The maximum atomic E-state index is 10.7. The van der Waals surface area contributed by atoms with E-state index in [1.807, 2.05) is 25.1 Å². The Balaban J connectivity index is 2.37. The van der Waals surface area contributed by atoms with E-state index in [1.165, 1.54) is 0 Å². The van der Waals surface area contributed by atoms with E-state index in [2.05, 4.69) is 10.5 Å². The van der Waals surface area contributed by atoms with Crippen LogP contribution in [0, 0.1) is 6.92 Å². The molecule has 1 heterocycles. The quantitative estimate of drug-likeness (QED) is 0.827. The Morgan fingerprint density at radius 2 is 2.31 bits per heavy atom. The summed E-state index contributed by atoms with van der Waals surface area (Å²) in [5.41, 5.74) is 1.72. The first-order chi connectivity index (χ1) is 7.58. The zero-order valence-corrected chi connectivity index (χ0v) is 9.02. The number of carboxylic acids is 1. The van der Waals surface area contributed by atoms with Crippen molar-refractivity contribution in [2.45, 2.75) is 19.9 Å². The van der Waals surface area contributed by atoms with Crippen LogP contribution in [0.15, 0.2) is 22.7 Å². The molecule has 2 aromatic rings. The number of rotatable bonds is 3. The molecule has 0 saturated heterocycles. The molecule has 2 rings (SSSR count). The van der Waals surface area contributed by atoms with Crippen LogP contribution in [0.4, 0.5) is 5.82 Å². The number of benzene rings is 1. The second-order valence-electron chi connectivity index (χ2n) is 3.74. The highest BCUT2D eigenvalue weighted by Crippen LogP contribution is 2.24. The highest BCUT2D eigenvalue weighted by Gasteiger charge is 2.15. The standard InChI is InChI=1S/C11H12N2O3/c1-6-3-4-9-8(5-6)10(13-16-9)12-7(2)11(14)15/h3-5,7H,1-2H3,(H,12,13)(H,14,15). The van der Waals surface area contributed by atoms with Crippen LogP contribution in [0.25, 0.3) is 11.0 Å². The summed E-state index contributed by atoms with van der Waals surface area (Å²) < 4.78 is 5.08. The minimum absolute atomic E-state index is 0.466. The van der Waals surface area contributed by atoms with Crippen molar-refractivity contribution in [2.24, 2.45) is 0 Å². The number of nitrogens with one attached hydrogen (secondary N) is 1. The van der Waals surface area contributed by atoms with Gasteiger partial charge >= 0.3 is 5.97 Å². The molecule has 0 bridgehead atoms. The second-order valence-corrected chi connectivity index (χ2v) is 3.74. The first-order valence-corrected chi connectivity index (χ1v) is 4.93. The van der Waals surface area contributed by atoms with E-state index in [9.17, 15) is 4.79 Å². The number of carbonyl (C=O) groups is 1. The fourth-order valence-electron chi connectivity index (χ4n) is 1.42. The van der Waals surface area contributed by atoms with Crippen LogP contribution in [-0.2, 0) is 4.79 Å². The summed E-state index contributed by atoms with van der Waals surface area (Å²) in [7, 11) is 0. The van der Waals surface area contributed by atoms with Gasteiger partial charge in [0.15, 0.2) is 11.4 Å². The lowest BCUT2D eigenvalue weighted by Crippen LogP contribution is -2.25. The number of aromatic nitrogens is 1. The molecular formula is C11H12N2O3. The molecule has 0 radical (unpaired) electrons. The van der Waals surface area contributed by atoms with Gasteiger partial charge in [0.25, 0.3) is 0 Å². The van der Waals surface area contributed by atoms with E-state index >= 15 is 0 Å². The number of hydrogen-bond donors (Lipinski definition) is 2. The summed E-state index contributed by atoms with van der Waals surface area (Å²) >= 11 is 0. The minimum Gasteiger partial charge on any atom is -0.480 e. The lowest BCUT2D eigenvalue weighted by molar-refractivity contribution is -0.137. The number of hydrogen-bond acceptors (Lipinski definition) is 4. The van der Waals surface area contributed by atoms with Crippen molar-refractivity contribution < 1.29 is 14.4 Å². The van der Waals surface area contributed by atoms with Gasteiger partial charge in [0.1, 0.15) is 6.04 Å². The summed E-state index contributed by atoms with van der Waals surface area (Å²) in [5, 5.41) is 16.2. The van der Waals surface area contributed by atoms with Gasteiger partial charge in [-0.3, -0.25) is 4.79 Å². The SMILES string of the molecule is Cc1ccc2onc(NC(C)C(=O)O)c2c1. The molecule has 0 aliphatic heterocycles. The van der Waals surface area contributed by atoms with Gasteiger partial charge in [-0.1, -0.05) is 16.8 Å². The van der Waals surface area contributed by atoms with Crippen molar-refractivity contribution in [3.8, 4) is 0 Å². The van der Waals surface area contributed by atoms with Crippen LogP contribution in [0.5, 0.6) is 0 Å². The number of carboxylic acid groups (broad SMARTS) is 1. The van der Waals surface area contributed by atoms with Crippen molar-refractivity contribution >= 4 is 22.8 Å². The maximum absolute atomic E-state index is 10.7. The molecule has 0 aliphatic rings. The van der Waals surface area contributed by atoms with Gasteiger partial charge in [-0.2, -0.15) is 0 Å². The Hall–Kier alpha value is -2.04. The van der Waals surface area contributed by atoms with E-state index in [0.29, 0.717) is 11.4 Å². The average molecular weight is 220 g/mol. The molecule has 0 spiro atoms. The largest absolute Gasteiger partial charge is 0.480 e. The van der Waals surface area contributed by atoms with Gasteiger partial charge in [0.05, 0.1) is 5.39 Å². The van der Waals surface area contributed by atoms with Gasteiger partial charge in [-0.05, 0) is 26.0 Å². The molecular weight excluding hydrogens is 208 g/mol. The summed E-state index contributed by atoms with van der Waals surface area (Å²) in [6.45, 7) is 3.51. The highest BCUT2D eigenvalue weighted by atomic mass is 16.5. The molecule has 1 atom stereocenters. The van der Waals surface area contributed by atoms with Crippen molar-refractivity contribution in [2.75, 3.05) is 5.32 Å². The van der Waals surface area contributed by atoms with Gasteiger partial charge in [-0.25, -0.2) is 0 Å². The molecule has 0 aliphatic carbocycles. The molecule has 1 aromatic carbocycles. The van der Waals surface area contributed by atoms with Crippen molar-refractivity contribution in [3.63, 3.8) is 0 Å². The Bertz CT molecular complexity index is 533. The summed E-state index contributed by atoms with van der Waals surface area (Å²) in [6.07, 6.45) is 0. The summed E-state index contributed by atoms with van der Waals surface area (Å²) in [6, 6.07) is 4.93. The fraction of sp³-hybridized carbons (Fsp3) is 0.273. The third-order valence-electron chi connectivity index (χ3n) is 2.35. The second kappa shape index (κ2) is 3.84. The molecule has 5 nitrogen and oxygen atoms in total. The van der Waals surface area contributed by atoms with E-state index < -0.39 is 12.0 Å². The predicted octanol–water partition coefficient (Wildman–Crippen LogP) is 2.02. The average Bonchev–Trinajstić information content (AvgIpc) is 2.61. The zero-order valence-electron chi connectivity index (χ0n) is 9.02. The molecule has 0 saturated carbocycles. The minimum atomic E-state index is -0.927. The number of aliphatic carboxylic acids is 1. The molecule has 1 unspecified atom stereocenters. The van der Waals surface area contributed by atoms with Crippen LogP contribution >= 0.6 is 0 Å². The first kappa shape index (κ1) is 10.5. The van der Waals surface area contributed by atoms with Crippen LogP contribution in [0.2, 0.25) is 0 Å². The van der Waals surface area contributed by atoms with Gasteiger partial charge in [0, 0.05) is 0 Å². The van der Waals surface area contributed by atoms with E-state index in [-0.39, 0.29) is 0 Å². The lowest BCUT2D eigenvalue weighted by atomic mass is 10.2. The van der Waals surface area contributed by atoms with Gasteiger partial charge in [-0.15, -0.1) is 0 Å². The van der Waals surface area contributed by atoms with E-state index in [0.717, 1.165) is 10.9 Å².